The lowest BCUT2D eigenvalue weighted by atomic mass is 10.3. The zero-order valence-electron chi connectivity index (χ0n) is 13.8. The van der Waals surface area contributed by atoms with Crippen molar-refractivity contribution in [2.24, 2.45) is 0 Å². The number of imidazole rings is 1. The van der Waals surface area contributed by atoms with Crippen molar-refractivity contribution >= 4 is 27.0 Å². The standard InChI is InChI=1S/C18H20N4O2S/c23-25(24,15-7-2-1-3-8-15)22-12-6-11-21(13-14-22)18-19-16-9-4-5-10-17(16)20-18/h1-5,7-10H,6,11-14H2,(H,19,20). The predicted octanol–water partition coefficient (Wildman–Crippen LogP) is 2.46. The monoisotopic (exact) mass is 356 g/mol. The number of sulfonamides is 1. The van der Waals surface area contributed by atoms with Crippen molar-refractivity contribution in [2.45, 2.75) is 11.3 Å². The van der Waals surface area contributed by atoms with Crippen LogP contribution in [0.15, 0.2) is 59.5 Å². The highest BCUT2D eigenvalue weighted by Gasteiger charge is 2.27. The summed E-state index contributed by atoms with van der Waals surface area (Å²) in [5.41, 5.74) is 1.92. The van der Waals surface area contributed by atoms with Gasteiger partial charge < -0.3 is 9.88 Å². The summed E-state index contributed by atoms with van der Waals surface area (Å²) < 4.78 is 27.2. The fraction of sp³-hybridized carbons (Fsp3) is 0.278. The quantitative estimate of drug-likeness (QED) is 0.783. The number of rotatable bonds is 3. The van der Waals surface area contributed by atoms with Crippen molar-refractivity contribution in [3.8, 4) is 0 Å². The number of para-hydroxylation sites is 2. The Bertz CT molecular complexity index is 936. The molecule has 1 aliphatic heterocycles. The molecule has 0 unspecified atom stereocenters. The maximum absolute atomic E-state index is 12.8. The molecule has 0 aliphatic carbocycles. The van der Waals surface area contributed by atoms with Gasteiger partial charge in [-0.2, -0.15) is 4.31 Å². The number of nitrogens with one attached hydrogen (secondary N) is 1. The molecule has 0 amide bonds. The molecule has 1 saturated heterocycles. The summed E-state index contributed by atoms with van der Waals surface area (Å²) in [5, 5.41) is 0. The van der Waals surface area contributed by atoms with Gasteiger partial charge in [0.05, 0.1) is 15.9 Å². The van der Waals surface area contributed by atoms with Gasteiger partial charge in [0.15, 0.2) is 0 Å². The number of H-pyrrole nitrogens is 1. The molecule has 1 fully saturated rings. The summed E-state index contributed by atoms with van der Waals surface area (Å²) in [6.45, 7) is 2.37. The van der Waals surface area contributed by atoms with E-state index in [9.17, 15) is 8.42 Å². The van der Waals surface area contributed by atoms with E-state index < -0.39 is 10.0 Å². The molecule has 130 valence electrons. The largest absolute Gasteiger partial charge is 0.341 e. The van der Waals surface area contributed by atoms with Crippen LogP contribution in [0.3, 0.4) is 0 Å². The molecule has 2 aromatic carbocycles. The molecule has 1 N–H and O–H groups in total. The zero-order chi connectivity index (χ0) is 17.3. The average Bonchev–Trinajstić information content (AvgIpc) is 2.91. The van der Waals surface area contributed by atoms with E-state index in [0.717, 1.165) is 29.9 Å². The van der Waals surface area contributed by atoms with Gasteiger partial charge in [0.2, 0.25) is 16.0 Å². The van der Waals surface area contributed by atoms with Crippen molar-refractivity contribution in [1.29, 1.82) is 0 Å². The van der Waals surface area contributed by atoms with Crippen LogP contribution in [0.4, 0.5) is 5.95 Å². The van der Waals surface area contributed by atoms with Crippen LogP contribution in [0.25, 0.3) is 11.0 Å². The highest BCUT2D eigenvalue weighted by Crippen LogP contribution is 2.21. The smallest absolute Gasteiger partial charge is 0.243 e. The van der Waals surface area contributed by atoms with Gasteiger partial charge in [0, 0.05) is 26.2 Å². The van der Waals surface area contributed by atoms with Crippen molar-refractivity contribution in [3.63, 3.8) is 0 Å². The molecule has 4 rings (SSSR count). The molecule has 0 spiro atoms. The molecule has 0 saturated carbocycles. The van der Waals surface area contributed by atoms with Gasteiger partial charge in [0.25, 0.3) is 0 Å². The van der Waals surface area contributed by atoms with Crippen molar-refractivity contribution < 1.29 is 8.42 Å². The number of aromatic nitrogens is 2. The van der Waals surface area contributed by atoms with E-state index in [2.05, 4.69) is 14.9 Å². The van der Waals surface area contributed by atoms with Crippen molar-refractivity contribution in [3.05, 3.63) is 54.6 Å². The highest BCUT2D eigenvalue weighted by molar-refractivity contribution is 7.89. The van der Waals surface area contributed by atoms with Crippen molar-refractivity contribution in [2.75, 3.05) is 31.1 Å². The second kappa shape index (κ2) is 6.50. The maximum atomic E-state index is 12.8. The average molecular weight is 356 g/mol. The summed E-state index contributed by atoms with van der Waals surface area (Å²) in [5.74, 6) is 0.806. The molecule has 0 radical (unpaired) electrons. The molecular weight excluding hydrogens is 336 g/mol. The third-order valence-corrected chi connectivity index (χ3v) is 6.43. The van der Waals surface area contributed by atoms with Gasteiger partial charge >= 0.3 is 0 Å². The fourth-order valence-corrected chi connectivity index (χ4v) is 4.67. The Morgan fingerprint density at radius 2 is 1.64 bits per heavy atom. The third-order valence-electron chi connectivity index (χ3n) is 4.51. The number of nitrogens with zero attached hydrogens (tertiary/aromatic N) is 3. The summed E-state index contributed by atoms with van der Waals surface area (Å²) in [7, 11) is -3.44. The molecule has 6 nitrogen and oxygen atoms in total. The van der Waals surface area contributed by atoms with Gasteiger partial charge in [0.1, 0.15) is 0 Å². The first kappa shape index (κ1) is 16.1. The van der Waals surface area contributed by atoms with Crippen LogP contribution >= 0.6 is 0 Å². The van der Waals surface area contributed by atoms with Crippen LogP contribution in [-0.4, -0.2) is 48.9 Å². The van der Waals surface area contributed by atoms with Crippen molar-refractivity contribution in [1.82, 2.24) is 14.3 Å². The molecule has 0 bridgehead atoms. The van der Waals surface area contributed by atoms with Crippen LogP contribution in [0.2, 0.25) is 0 Å². The highest BCUT2D eigenvalue weighted by atomic mass is 32.2. The minimum atomic E-state index is -3.44. The van der Waals surface area contributed by atoms with Crippen LogP contribution in [0.5, 0.6) is 0 Å². The third kappa shape index (κ3) is 3.12. The van der Waals surface area contributed by atoms with E-state index >= 15 is 0 Å². The van der Waals surface area contributed by atoms with Crippen LogP contribution in [0.1, 0.15) is 6.42 Å². The van der Waals surface area contributed by atoms with E-state index in [0.29, 0.717) is 24.5 Å². The Morgan fingerprint density at radius 3 is 2.44 bits per heavy atom. The molecule has 25 heavy (non-hydrogen) atoms. The van der Waals surface area contributed by atoms with E-state index in [1.165, 1.54) is 0 Å². The number of aromatic amines is 1. The minimum Gasteiger partial charge on any atom is -0.341 e. The molecule has 7 heteroatoms. The Hall–Kier alpha value is -2.38. The second-order valence-corrected chi connectivity index (χ2v) is 8.07. The van der Waals surface area contributed by atoms with E-state index in [-0.39, 0.29) is 0 Å². The number of hydrogen-bond donors (Lipinski definition) is 1. The molecule has 1 aliphatic rings. The molecule has 1 aromatic heterocycles. The minimum absolute atomic E-state index is 0.354. The topological polar surface area (TPSA) is 69.3 Å². The summed E-state index contributed by atoms with van der Waals surface area (Å²) in [4.78, 5) is 10.4. The summed E-state index contributed by atoms with van der Waals surface area (Å²) in [6.07, 6.45) is 0.767. The van der Waals surface area contributed by atoms with Crippen LogP contribution in [0, 0.1) is 0 Å². The first-order valence-corrected chi connectivity index (χ1v) is 9.83. The number of hydrogen-bond acceptors (Lipinski definition) is 4. The first-order chi connectivity index (χ1) is 12.1. The Labute approximate surface area is 147 Å². The van der Waals surface area contributed by atoms with E-state index in [1.54, 1.807) is 28.6 Å². The predicted molar refractivity (Wildman–Crippen MR) is 98.1 cm³/mol. The van der Waals surface area contributed by atoms with Crippen LogP contribution in [-0.2, 0) is 10.0 Å². The second-order valence-electron chi connectivity index (χ2n) is 6.14. The molecule has 0 atom stereocenters. The molecular formula is C18H20N4O2S. The molecule has 2 heterocycles. The number of fused-ring (bicyclic) bond motifs is 1. The SMILES string of the molecule is O=S(=O)(c1ccccc1)N1CCCN(c2nc3ccccc3[nH]2)CC1. The van der Waals surface area contributed by atoms with E-state index in [1.807, 2.05) is 30.3 Å². The van der Waals surface area contributed by atoms with E-state index in [4.69, 9.17) is 0 Å². The number of benzene rings is 2. The lowest BCUT2D eigenvalue weighted by Gasteiger charge is -2.21. The summed E-state index contributed by atoms with van der Waals surface area (Å²) >= 11 is 0. The first-order valence-electron chi connectivity index (χ1n) is 8.39. The number of anilines is 1. The van der Waals surface area contributed by atoms with Crippen LogP contribution < -0.4 is 4.90 Å². The van der Waals surface area contributed by atoms with Gasteiger partial charge in [-0.1, -0.05) is 30.3 Å². The Kier molecular flexibility index (Phi) is 4.19. The normalized spacial score (nSPS) is 16.9. The van der Waals surface area contributed by atoms with Gasteiger partial charge in [-0.3, -0.25) is 0 Å². The Morgan fingerprint density at radius 1 is 0.880 bits per heavy atom. The lowest BCUT2D eigenvalue weighted by Crippen LogP contribution is -2.35. The zero-order valence-corrected chi connectivity index (χ0v) is 14.6. The van der Waals surface area contributed by atoms with Gasteiger partial charge in [-0.25, -0.2) is 13.4 Å². The lowest BCUT2D eigenvalue weighted by molar-refractivity contribution is 0.433. The maximum Gasteiger partial charge on any atom is 0.243 e. The van der Waals surface area contributed by atoms with Gasteiger partial charge in [-0.15, -0.1) is 0 Å². The Balaban J connectivity index is 1.54. The summed E-state index contributed by atoms with van der Waals surface area (Å²) in [6, 6.07) is 16.5. The molecule has 3 aromatic rings. The fourth-order valence-electron chi connectivity index (χ4n) is 3.18. The van der Waals surface area contributed by atoms with Gasteiger partial charge in [-0.05, 0) is 30.7 Å².